The minimum absolute atomic E-state index is 0.868. The predicted octanol–water partition coefficient (Wildman–Crippen LogP) is 3.45. The van der Waals surface area contributed by atoms with Gasteiger partial charge in [-0.05, 0) is 55.2 Å². The number of fused-ring (bicyclic) bond motifs is 1. The highest BCUT2D eigenvalue weighted by molar-refractivity contribution is 5.63. The summed E-state index contributed by atoms with van der Waals surface area (Å²) in [5, 5.41) is 0. The van der Waals surface area contributed by atoms with Crippen LogP contribution in [0.25, 0.3) is 0 Å². The fourth-order valence-corrected chi connectivity index (χ4v) is 2.83. The van der Waals surface area contributed by atoms with Crippen LogP contribution in [-0.4, -0.2) is 6.54 Å². The maximum Gasteiger partial charge on any atom is 0.0432 e. The highest BCUT2D eigenvalue weighted by atomic mass is 15.1. The first-order valence-electron chi connectivity index (χ1n) is 6.83. The van der Waals surface area contributed by atoms with E-state index in [1.54, 1.807) is 0 Å². The molecule has 0 saturated carbocycles. The molecule has 0 unspecified atom stereocenters. The molecule has 2 nitrogen and oxygen atoms in total. The molecule has 1 aliphatic rings. The van der Waals surface area contributed by atoms with Crippen molar-refractivity contribution in [3.8, 4) is 0 Å². The lowest BCUT2D eigenvalue weighted by atomic mass is 10.1. The van der Waals surface area contributed by atoms with Crippen LogP contribution in [0.15, 0.2) is 36.4 Å². The average molecular weight is 252 g/mol. The van der Waals surface area contributed by atoms with Crippen molar-refractivity contribution in [2.75, 3.05) is 17.2 Å². The molecule has 0 aliphatic carbocycles. The molecule has 0 spiro atoms. The molecule has 1 heterocycles. The van der Waals surface area contributed by atoms with E-state index in [1.807, 2.05) is 6.07 Å². The number of anilines is 2. The molecule has 2 aromatic carbocycles. The Balaban J connectivity index is 1.88. The Labute approximate surface area is 114 Å². The van der Waals surface area contributed by atoms with Gasteiger partial charge in [-0.3, -0.25) is 0 Å². The number of nitrogens with two attached hydrogens (primary N) is 1. The van der Waals surface area contributed by atoms with Crippen molar-refractivity contribution >= 4 is 11.4 Å². The third kappa shape index (κ3) is 2.30. The molecule has 0 amide bonds. The molecular weight excluding hydrogens is 232 g/mol. The van der Waals surface area contributed by atoms with Crippen molar-refractivity contribution in [3.05, 3.63) is 58.7 Å². The van der Waals surface area contributed by atoms with E-state index in [1.165, 1.54) is 27.9 Å². The summed E-state index contributed by atoms with van der Waals surface area (Å²) in [4.78, 5) is 2.45. The molecule has 2 aromatic rings. The van der Waals surface area contributed by atoms with Gasteiger partial charge in [0.25, 0.3) is 0 Å². The second-order valence-electron chi connectivity index (χ2n) is 5.49. The summed E-state index contributed by atoms with van der Waals surface area (Å²) in [6.45, 7) is 6.42. The van der Waals surface area contributed by atoms with Gasteiger partial charge in [-0.25, -0.2) is 0 Å². The number of nitrogens with zero attached hydrogens (tertiary/aromatic N) is 1. The fraction of sp³-hybridized carbons (Fsp3) is 0.294. The molecule has 3 rings (SSSR count). The monoisotopic (exact) mass is 252 g/mol. The molecule has 0 saturated heterocycles. The minimum atomic E-state index is 0.868. The van der Waals surface area contributed by atoms with E-state index >= 15 is 0 Å². The highest BCUT2D eigenvalue weighted by Gasteiger charge is 2.19. The van der Waals surface area contributed by atoms with E-state index in [0.29, 0.717) is 0 Å². The SMILES string of the molecule is Cc1ccc(C)c(CN2CCc3cc(N)ccc32)c1. The van der Waals surface area contributed by atoms with Gasteiger partial charge in [0.1, 0.15) is 0 Å². The Bertz CT molecular complexity index is 617. The largest absolute Gasteiger partial charge is 0.399 e. The summed E-state index contributed by atoms with van der Waals surface area (Å²) in [5.41, 5.74) is 13.6. The van der Waals surface area contributed by atoms with E-state index in [4.69, 9.17) is 5.73 Å². The molecule has 0 radical (unpaired) electrons. The van der Waals surface area contributed by atoms with Crippen LogP contribution in [0, 0.1) is 13.8 Å². The quantitative estimate of drug-likeness (QED) is 0.829. The van der Waals surface area contributed by atoms with Gasteiger partial charge in [0, 0.05) is 24.5 Å². The number of hydrogen-bond donors (Lipinski definition) is 1. The summed E-state index contributed by atoms with van der Waals surface area (Å²) >= 11 is 0. The van der Waals surface area contributed by atoms with Gasteiger partial charge in [-0.15, -0.1) is 0 Å². The van der Waals surface area contributed by atoms with Crippen molar-refractivity contribution in [3.63, 3.8) is 0 Å². The summed E-state index contributed by atoms with van der Waals surface area (Å²) in [5.74, 6) is 0. The third-order valence-electron chi connectivity index (χ3n) is 3.96. The Morgan fingerprint density at radius 2 is 1.95 bits per heavy atom. The molecular formula is C17H20N2. The van der Waals surface area contributed by atoms with Gasteiger partial charge >= 0.3 is 0 Å². The second-order valence-corrected chi connectivity index (χ2v) is 5.49. The maximum absolute atomic E-state index is 5.85. The molecule has 98 valence electrons. The molecule has 0 atom stereocenters. The van der Waals surface area contributed by atoms with Gasteiger partial charge in [-0.2, -0.15) is 0 Å². The number of nitrogen functional groups attached to an aromatic ring is 1. The van der Waals surface area contributed by atoms with E-state index in [-0.39, 0.29) is 0 Å². The first-order valence-corrected chi connectivity index (χ1v) is 6.83. The number of aryl methyl sites for hydroxylation is 2. The van der Waals surface area contributed by atoms with Gasteiger partial charge in [0.05, 0.1) is 0 Å². The van der Waals surface area contributed by atoms with Crippen LogP contribution in [-0.2, 0) is 13.0 Å². The van der Waals surface area contributed by atoms with Crippen LogP contribution in [0.4, 0.5) is 11.4 Å². The van der Waals surface area contributed by atoms with Crippen molar-refractivity contribution in [1.82, 2.24) is 0 Å². The standard InChI is InChI=1S/C17H20N2/c1-12-3-4-13(2)15(9-12)11-19-8-7-14-10-16(18)5-6-17(14)19/h3-6,9-10H,7-8,11,18H2,1-2H3. The van der Waals surface area contributed by atoms with Gasteiger partial charge < -0.3 is 10.6 Å². The number of hydrogen-bond acceptors (Lipinski definition) is 2. The lowest BCUT2D eigenvalue weighted by Gasteiger charge is -2.21. The fourth-order valence-electron chi connectivity index (χ4n) is 2.83. The molecule has 2 N–H and O–H groups in total. The summed E-state index contributed by atoms with van der Waals surface area (Å²) in [6, 6.07) is 13.0. The predicted molar refractivity (Wildman–Crippen MR) is 81.5 cm³/mol. The zero-order valence-corrected chi connectivity index (χ0v) is 11.6. The van der Waals surface area contributed by atoms with E-state index in [0.717, 1.165) is 25.2 Å². The van der Waals surface area contributed by atoms with Gasteiger partial charge in [0.15, 0.2) is 0 Å². The van der Waals surface area contributed by atoms with Crippen molar-refractivity contribution in [2.45, 2.75) is 26.8 Å². The van der Waals surface area contributed by atoms with Crippen LogP contribution in [0.1, 0.15) is 22.3 Å². The molecule has 19 heavy (non-hydrogen) atoms. The van der Waals surface area contributed by atoms with Crippen molar-refractivity contribution in [2.24, 2.45) is 0 Å². The topological polar surface area (TPSA) is 29.3 Å². The van der Waals surface area contributed by atoms with Crippen LogP contribution in [0.2, 0.25) is 0 Å². The van der Waals surface area contributed by atoms with E-state index in [9.17, 15) is 0 Å². The van der Waals surface area contributed by atoms with Crippen LogP contribution in [0.5, 0.6) is 0 Å². The van der Waals surface area contributed by atoms with Crippen LogP contribution < -0.4 is 10.6 Å². The Kier molecular flexibility index (Phi) is 2.94. The van der Waals surface area contributed by atoms with Crippen molar-refractivity contribution < 1.29 is 0 Å². The summed E-state index contributed by atoms with van der Waals surface area (Å²) < 4.78 is 0. The molecule has 0 bridgehead atoms. The Morgan fingerprint density at radius 3 is 2.79 bits per heavy atom. The van der Waals surface area contributed by atoms with Gasteiger partial charge in [-0.1, -0.05) is 23.8 Å². The lowest BCUT2D eigenvalue weighted by Crippen LogP contribution is -2.20. The minimum Gasteiger partial charge on any atom is -0.399 e. The molecule has 1 aliphatic heterocycles. The Morgan fingerprint density at radius 1 is 1.11 bits per heavy atom. The normalized spacial score (nSPS) is 13.7. The first-order chi connectivity index (χ1) is 9.13. The third-order valence-corrected chi connectivity index (χ3v) is 3.96. The molecule has 2 heteroatoms. The highest BCUT2D eigenvalue weighted by Crippen LogP contribution is 2.31. The smallest absolute Gasteiger partial charge is 0.0432 e. The molecule has 0 fully saturated rings. The number of benzene rings is 2. The first kappa shape index (κ1) is 12.1. The maximum atomic E-state index is 5.85. The van der Waals surface area contributed by atoms with Crippen molar-refractivity contribution in [1.29, 1.82) is 0 Å². The lowest BCUT2D eigenvalue weighted by molar-refractivity contribution is 0.830. The van der Waals surface area contributed by atoms with Crippen LogP contribution >= 0.6 is 0 Å². The number of rotatable bonds is 2. The Hall–Kier alpha value is -1.96. The summed E-state index contributed by atoms with van der Waals surface area (Å²) in [7, 11) is 0. The second kappa shape index (κ2) is 4.61. The average Bonchev–Trinajstić information content (AvgIpc) is 2.76. The van der Waals surface area contributed by atoms with Crippen LogP contribution in [0.3, 0.4) is 0 Å². The molecule has 0 aromatic heterocycles. The van der Waals surface area contributed by atoms with E-state index < -0.39 is 0 Å². The van der Waals surface area contributed by atoms with E-state index in [2.05, 4.69) is 49.1 Å². The summed E-state index contributed by atoms with van der Waals surface area (Å²) in [6.07, 6.45) is 1.10. The zero-order valence-electron chi connectivity index (χ0n) is 11.6. The zero-order chi connectivity index (χ0) is 13.4. The van der Waals surface area contributed by atoms with Gasteiger partial charge in [0.2, 0.25) is 0 Å².